The summed E-state index contributed by atoms with van der Waals surface area (Å²) in [6, 6.07) is 3.33. The molecule has 0 spiro atoms. The average molecular weight is 375 g/mol. The van der Waals surface area contributed by atoms with E-state index in [1.807, 2.05) is 0 Å². The Kier molecular flexibility index (Phi) is 7.36. The highest BCUT2D eigenvalue weighted by molar-refractivity contribution is 6.73. The molecule has 23 heavy (non-hydrogen) atoms. The number of pyridine rings is 1. The predicted octanol–water partition coefficient (Wildman–Crippen LogP) is 5.45. The van der Waals surface area contributed by atoms with Gasteiger partial charge in [-0.15, -0.1) is 0 Å². The maximum Gasteiger partial charge on any atom is 0.192 e. The molecule has 0 aliphatic heterocycles. The summed E-state index contributed by atoms with van der Waals surface area (Å²) in [6.45, 7) is 8.53. The molecule has 1 unspecified atom stereocenters. The number of nitrogens with zero attached hydrogens (tertiary/aromatic N) is 1. The molecule has 0 radical (unpaired) electrons. The Morgan fingerprint density at radius 2 is 1.74 bits per heavy atom. The van der Waals surface area contributed by atoms with Crippen LogP contribution < -0.4 is 5.32 Å². The Bertz CT molecular complexity index is 479. The molecular weight excluding hydrogens is 347 g/mol. The smallest absolute Gasteiger partial charge is 0.192 e. The fourth-order valence-electron chi connectivity index (χ4n) is 2.97. The second kappa shape index (κ2) is 8.81. The van der Waals surface area contributed by atoms with Crippen LogP contribution in [0.2, 0.25) is 28.2 Å². The number of rotatable bonds is 10. The third kappa shape index (κ3) is 5.17. The molecule has 1 fully saturated rings. The summed E-state index contributed by atoms with van der Waals surface area (Å²) in [5.41, 5.74) is 0.888. The number of halogens is 2. The van der Waals surface area contributed by atoms with Gasteiger partial charge in [-0.05, 0) is 43.4 Å². The third-order valence-electron chi connectivity index (χ3n) is 5.00. The molecule has 1 heterocycles. The van der Waals surface area contributed by atoms with Crippen LogP contribution in [0.1, 0.15) is 45.3 Å². The Morgan fingerprint density at radius 3 is 2.22 bits per heavy atom. The lowest BCUT2D eigenvalue weighted by Gasteiger charge is -2.34. The van der Waals surface area contributed by atoms with Gasteiger partial charge in [0.15, 0.2) is 8.32 Å². The van der Waals surface area contributed by atoms with Crippen molar-refractivity contribution in [3.05, 3.63) is 28.0 Å². The molecule has 1 atom stereocenters. The van der Waals surface area contributed by atoms with Crippen molar-refractivity contribution in [1.82, 2.24) is 10.3 Å². The van der Waals surface area contributed by atoms with Gasteiger partial charge >= 0.3 is 0 Å². The molecule has 3 nitrogen and oxygen atoms in total. The largest absolute Gasteiger partial charge is 0.409 e. The average Bonchev–Trinajstić information content (AvgIpc) is 3.36. The van der Waals surface area contributed by atoms with E-state index in [1.165, 1.54) is 12.8 Å². The quantitative estimate of drug-likeness (QED) is 0.552. The maximum atomic E-state index is 6.72. The van der Waals surface area contributed by atoms with E-state index in [9.17, 15) is 0 Å². The normalized spacial score (nSPS) is 16.6. The zero-order valence-corrected chi connectivity index (χ0v) is 16.9. The van der Waals surface area contributed by atoms with E-state index in [0.29, 0.717) is 10.0 Å². The number of hydrogen-bond donors (Lipinski definition) is 1. The van der Waals surface area contributed by atoms with E-state index in [2.05, 4.69) is 31.1 Å². The molecule has 0 aromatic carbocycles. The Labute approximate surface area is 151 Å². The van der Waals surface area contributed by atoms with Gasteiger partial charge in [0.05, 0.1) is 16.1 Å². The number of nitrogens with one attached hydrogen (secondary N) is 1. The summed E-state index contributed by atoms with van der Waals surface area (Å²) in [5, 5.41) is 4.75. The fraction of sp³-hybridized carbons (Fsp3) is 0.706. The van der Waals surface area contributed by atoms with Gasteiger partial charge in [0.2, 0.25) is 0 Å². The lowest BCUT2D eigenvalue weighted by atomic mass is 10.1. The van der Waals surface area contributed by atoms with Crippen LogP contribution in [0.25, 0.3) is 0 Å². The Morgan fingerprint density at radius 1 is 1.17 bits per heavy atom. The van der Waals surface area contributed by atoms with Gasteiger partial charge in [0, 0.05) is 24.5 Å². The van der Waals surface area contributed by atoms with Crippen molar-refractivity contribution in [2.24, 2.45) is 5.92 Å². The fourth-order valence-corrected chi connectivity index (χ4v) is 6.39. The Hall–Kier alpha value is -0.133. The first-order valence-corrected chi connectivity index (χ1v) is 12.0. The van der Waals surface area contributed by atoms with Crippen LogP contribution >= 0.6 is 23.2 Å². The van der Waals surface area contributed by atoms with E-state index >= 15 is 0 Å². The molecule has 1 aliphatic carbocycles. The van der Waals surface area contributed by atoms with E-state index in [0.717, 1.165) is 42.7 Å². The van der Waals surface area contributed by atoms with Crippen molar-refractivity contribution < 1.29 is 4.43 Å². The van der Waals surface area contributed by atoms with Crippen LogP contribution in [0.4, 0.5) is 0 Å². The second-order valence-electron chi connectivity index (χ2n) is 6.47. The van der Waals surface area contributed by atoms with Gasteiger partial charge < -0.3 is 9.74 Å². The SMILES string of the molecule is CC[Si](CC)(CC)OC(CNCC1CC1)c1c(Cl)cncc1Cl. The summed E-state index contributed by atoms with van der Waals surface area (Å²) in [5.74, 6) is 0.838. The first kappa shape index (κ1) is 19.2. The van der Waals surface area contributed by atoms with Crippen LogP contribution in [0.5, 0.6) is 0 Å². The van der Waals surface area contributed by atoms with E-state index < -0.39 is 8.32 Å². The summed E-state index contributed by atoms with van der Waals surface area (Å²) in [6.07, 6.45) is 5.91. The molecule has 1 aromatic heterocycles. The molecule has 0 saturated heterocycles. The molecule has 1 aromatic rings. The summed E-state index contributed by atoms with van der Waals surface area (Å²) >= 11 is 12.8. The predicted molar refractivity (Wildman–Crippen MR) is 101 cm³/mol. The molecule has 130 valence electrons. The molecular formula is C17H28Cl2N2OSi. The van der Waals surface area contributed by atoms with Crippen LogP contribution in [0, 0.1) is 5.92 Å². The van der Waals surface area contributed by atoms with Crippen LogP contribution in [-0.4, -0.2) is 26.4 Å². The van der Waals surface area contributed by atoms with Crippen molar-refractivity contribution in [2.75, 3.05) is 13.1 Å². The van der Waals surface area contributed by atoms with Gasteiger partial charge in [0.25, 0.3) is 0 Å². The minimum Gasteiger partial charge on any atom is -0.409 e. The number of aromatic nitrogens is 1. The van der Waals surface area contributed by atoms with Crippen molar-refractivity contribution >= 4 is 31.5 Å². The van der Waals surface area contributed by atoms with Gasteiger partial charge in [-0.3, -0.25) is 4.98 Å². The zero-order chi connectivity index (χ0) is 16.9. The van der Waals surface area contributed by atoms with E-state index in [4.69, 9.17) is 27.6 Å². The van der Waals surface area contributed by atoms with Crippen molar-refractivity contribution in [2.45, 2.75) is 57.8 Å². The standard InChI is InChI=1S/C17H28Cl2N2OSi/c1-4-23(5-2,6-3)22-16(12-20-9-13-7-8-13)17-14(18)10-21-11-15(17)19/h10-11,13,16,20H,4-9,12H2,1-3H3. The summed E-state index contributed by atoms with van der Waals surface area (Å²) < 4.78 is 6.72. The summed E-state index contributed by atoms with van der Waals surface area (Å²) in [4.78, 5) is 4.07. The lowest BCUT2D eigenvalue weighted by molar-refractivity contribution is 0.186. The molecule has 6 heteroatoms. The highest BCUT2D eigenvalue weighted by Crippen LogP contribution is 2.36. The minimum absolute atomic E-state index is 0.0942. The lowest BCUT2D eigenvalue weighted by Crippen LogP contribution is -2.40. The van der Waals surface area contributed by atoms with Crippen LogP contribution in [-0.2, 0) is 4.43 Å². The molecule has 1 aliphatic rings. The van der Waals surface area contributed by atoms with E-state index in [-0.39, 0.29) is 6.10 Å². The molecule has 0 amide bonds. The van der Waals surface area contributed by atoms with Gasteiger partial charge in [0.1, 0.15) is 0 Å². The van der Waals surface area contributed by atoms with Crippen molar-refractivity contribution in [3.8, 4) is 0 Å². The monoisotopic (exact) mass is 374 g/mol. The summed E-state index contributed by atoms with van der Waals surface area (Å²) in [7, 11) is -1.75. The van der Waals surface area contributed by atoms with Gasteiger partial charge in [-0.2, -0.15) is 0 Å². The highest BCUT2D eigenvalue weighted by atomic mass is 35.5. The van der Waals surface area contributed by atoms with E-state index in [1.54, 1.807) is 12.4 Å². The molecule has 1 saturated carbocycles. The van der Waals surface area contributed by atoms with Crippen LogP contribution in [0.3, 0.4) is 0 Å². The first-order valence-electron chi connectivity index (χ1n) is 8.72. The molecule has 0 bridgehead atoms. The van der Waals surface area contributed by atoms with Crippen molar-refractivity contribution in [1.29, 1.82) is 0 Å². The third-order valence-corrected chi connectivity index (χ3v) is 10.3. The van der Waals surface area contributed by atoms with Gasteiger partial charge in [-0.1, -0.05) is 44.0 Å². The topological polar surface area (TPSA) is 34.1 Å². The van der Waals surface area contributed by atoms with Gasteiger partial charge in [-0.25, -0.2) is 0 Å². The molecule has 2 rings (SSSR count). The second-order valence-corrected chi connectivity index (χ2v) is 12.0. The molecule has 1 N–H and O–H groups in total. The first-order chi connectivity index (χ1) is 11.0. The number of hydrogen-bond acceptors (Lipinski definition) is 3. The highest BCUT2D eigenvalue weighted by Gasteiger charge is 2.34. The maximum absolute atomic E-state index is 6.72. The van der Waals surface area contributed by atoms with Crippen LogP contribution in [0.15, 0.2) is 12.4 Å². The Balaban J connectivity index is 2.19. The van der Waals surface area contributed by atoms with Crippen molar-refractivity contribution in [3.63, 3.8) is 0 Å². The minimum atomic E-state index is -1.75. The zero-order valence-electron chi connectivity index (χ0n) is 14.4.